The first-order valence-electron chi connectivity index (χ1n) is 10.0. The normalized spacial score (nSPS) is 15.9. The van der Waals surface area contributed by atoms with Crippen LogP contribution in [0.5, 0.6) is 5.75 Å². The number of carbonyl (C=O) groups excluding carboxylic acids is 3. The van der Waals surface area contributed by atoms with Crippen LogP contribution in [0.1, 0.15) is 26.7 Å². The van der Waals surface area contributed by atoms with Crippen LogP contribution in [0.15, 0.2) is 48.5 Å². The Kier molecular flexibility index (Phi) is 6.72. The van der Waals surface area contributed by atoms with Crippen LogP contribution in [-0.2, 0) is 14.4 Å². The van der Waals surface area contributed by atoms with E-state index in [2.05, 4.69) is 10.6 Å². The number of hydrogen-bond acceptors (Lipinski definition) is 4. The highest BCUT2D eigenvalue weighted by molar-refractivity contribution is 6.04. The van der Waals surface area contributed by atoms with Crippen LogP contribution < -0.4 is 20.3 Å². The lowest BCUT2D eigenvalue weighted by atomic mass is 10.1. The van der Waals surface area contributed by atoms with Gasteiger partial charge >= 0.3 is 0 Å². The van der Waals surface area contributed by atoms with Gasteiger partial charge in [0.1, 0.15) is 5.75 Å². The number of hydrogen-bond donors (Lipinski definition) is 2. The molecule has 2 aromatic rings. The van der Waals surface area contributed by atoms with Crippen molar-refractivity contribution in [1.29, 1.82) is 0 Å². The Labute approximate surface area is 176 Å². The van der Waals surface area contributed by atoms with Crippen LogP contribution in [0.2, 0.25) is 0 Å². The minimum absolute atomic E-state index is 0.0392. The zero-order valence-corrected chi connectivity index (χ0v) is 17.5. The highest BCUT2D eigenvalue weighted by atomic mass is 16.5. The van der Waals surface area contributed by atoms with E-state index in [1.54, 1.807) is 42.3 Å². The van der Waals surface area contributed by atoms with E-state index in [0.29, 0.717) is 35.8 Å². The van der Waals surface area contributed by atoms with Crippen molar-refractivity contribution in [3.8, 4) is 5.75 Å². The Morgan fingerprint density at radius 2 is 1.70 bits per heavy atom. The molecule has 1 atom stereocenters. The highest BCUT2D eigenvalue weighted by Crippen LogP contribution is 2.33. The third kappa shape index (κ3) is 5.17. The van der Waals surface area contributed by atoms with E-state index in [-0.39, 0.29) is 30.1 Å². The average Bonchev–Trinajstić information content (AvgIpc) is 3.10. The van der Waals surface area contributed by atoms with Crippen LogP contribution in [-0.4, -0.2) is 31.4 Å². The van der Waals surface area contributed by atoms with Gasteiger partial charge in [-0.2, -0.15) is 0 Å². The van der Waals surface area contributed by atoms with E-state index in [4.69, 9.17) is 4.74 Å². The molecule has 0 aliphatic carbocycles. The number of methoxy groups -OCH3 is 1. The first-order chi connectivity index (χ1) is 14.4. The summed E-state index contributed by atoms with van der Waals surface area (Å²) in [5, 5.41) is 5.69. The number of benzene rings is 2. The molecule has 0 aromatic heterocycles. The van der Waals surface area contributed by atoms with E-state index in [9.17, 15) is 14.4 Å². The van der Waals surface area contributed by atoms with Crippen molar-refractivity contribution in [2.24, 2.45) is 11.8 Å². The van der Waals surface area contributed by atoms with Crippen molar-refractivity contribution < 1.29 is 19.1 Å². The molecular weight excluding hydrogens is 382 g/mol. The van der Waals surface area contributed by atoms with Crippen molar-refractivity contribution in [3.63, 3.8) is 0 Å². The van der Waals surface area contributed by atoms with Gasteiger partial charge in [-0.25, -0.2) is 0 Å². The van der Waals surface area contributed by atoms with Crippen molar-refractivity contribution in [1.82, 2.24) is 0 Å². The zero-order valence-electron chi connectivity index (χ0n) is 17.5. The lowest BCUT2D eigenvalue weighted by Crippen LogP contribution is -2.28. The molecule has 2 N–H and O–H groups in total. The molecule has 0 bridgehead atoms. The van der Waals surface area contributed by atoms with Gasteiger partial charge in [-0.1, -0.05) is 26.0 Å². The molecule has 0 saturated carbocycles. The minimum Gasteiger partial charge on any atom is -0.495 e. The summed E-state index contributed by atoms with van der Waals surface area (Å²) in [6, 6.07) is 14.2. The van der Waals surface area contributed by atoms with Gasteiger partial charge < -0.3 is 20.3 Å². The molecule has 1 saturated heterocycles. The number of nitrogens with zero attached hydrogens (tertiary/aromatic N) is 1. The summed E-state index contributed by atoms with van der Waals surface area (Å²) in [5.41, 5.74) is 1.96. The maximum Gasteiger partial charge on any atom is 0.229 e. The molecule has 158 valence electrons. The van der Waals surface area contributed by atoms with Crippen LogP contribution >= 0.6 is 0 Å². The summed E-state index contributed by atoms with van der Waals surface area (Å²) in [7, 11) is 1.55. The molecule has 1 aliphatic rings. The quantitative estimate of drug-likeness (QED) is 0.730. The molecule has 30 heavy (non-hydrogen) atoms. The van der Waals surface area contributed by atoms with Crippen molar-refractivity contribution in [3.05, 3.63) is 48.5 Å². The van der Waals surface area contributed by atoms with E-state index in [1.807, 2.05) is 32.0 Å². The number of rotatable bonds is 7. The number of para-hydroxylation sites is 2. The van der Waals surface area contributed by atoms with Gasteiger partial charge in [0.25, 0.3) is 0 Å². The average molecular weight is 409 g/mol. The standard InChI is InChI=1S/C23H27N3O4/c1-15(2)12-21(27)24-17-8-10-18(11-9-17)25-23(29)16-13-22(28)26(14-16)19-6-4-5-7-20(19)30-3/h4-11,15-16H,12-14H2,1-3H3,(H,24,27)(H,25,29). The summed E-state index contributed by atoms with van der Waals surface area (Å²) < 4.78 is 5.33. The summed E-state index contributed by atoms with van der Waals surface area (Å²) in [4.78, 5) is 38.6. The molecule has 0 radical (unpaired) electrons. The van der Waals surface area contributed by atoms with Gasteiger partial charge in [0.05, 0.1) is 18.7 Å². The van der Waals surface area contributed by atoms with Gasteiger partial charge in [0.15, 0.2) is 0 Å². The van der Waals surface area contributed by atoms with E-state index in [0.717, 1.165) is 0 Å². The zero-order chi connectivity index (χ0) is 21.7. The largest absolute Gasteiger partial charge is 0.495 e. The fourth-order valence-electron chi connectivity index (χ4n) is 3.43. The molecule has 3 amide bonds. The number of anilines is 3. The van der Waals surface area contributed by atoms with Crippen LogP contribution in [0.3, 0.4) is 0 Å². The molecule has 1 fully saturated rings. The van der Waals surface area contributed by atoms with Gasteiger partial charge in [-0.05, 0) is 42.3 Å². The predicted molar refractivity (Wildman–Crippen MR) is 117 cm³/mol. The van der Waals surface area contributed by atoms with Crippen molar-refractivity contribution in [2.45, 2.75) is 26.7 Å². The third-order valence-corrected chi connectivity index (χ3v) is 4.90. The molecule has 1 heterocycles. The SMILES string of the molecule is COc1ccccc1N1CC(C(=O)Nc2ccc(NC(=O)CC(C)C)cc2)CC1=O. The molecule has 3 rings (SSSR count). The van der Waals surface area contributed by atoms with E-state index in [1.165, 1.54) is 0 Å². The number of nitrogens with one attached hydrogen (secondary N) is 2. The monoisotopic (exact) mass is 409 g/mol. The summed E-state index contributed by atoms with van der Waals surface area (Å²) in [5.74, 6) is 0.0748. The summed E-state index contributed by atoms with van der Waals surface area (Å²) in [6.07, 6.45) is 0.601. The lowest BCUT2D eigenvalue weighted by molar-refractivity contribution is -0.122. The van der Waals surface area contributed by atoms with Crippen LogP contribution in [0.4, 0.5) is 17.1 Å². The Hall–Kier alpha value is -3.35. The molecule has 7 heteroatoms. The second-order valence-corrected chi connectivity index (χ2v) is 7.79. The number of amides is 3. The molecular formula is C23H27N3O4. The van der Waals surface area contributed by atoms with Crippen LogP contribution in [0, 0.1) is 11.8 Å². The molecule has 1 unspecified atom stereocenters. The lowest BCUT2D eigenvalue weighted by Gasteiger charge is -2.19. The molecule has 0 spiro atoms. The maximum atomic E-state index is 12.7. The number of ether oxygens (including phenoxy) is 1. The second kappa shape index (κ2) is 9.43. The van der Waals surface area contributed by atoms with E-state index >= 15 is 0 Å². The smallest absolute Gasteiger partial charge is 0.229 e. The Bertz CT molecular complexity index is 924. The second-order valence-electron chi connectivity index (χ2n) is 7.79. The highest BCUT2D eigenvalue weighted by Gasteiger charge is 2.36. The Morgan fingerprint density at radius 3 is 2.33 bits per heavy atom. The molecule has 2 aromatic carbocycles. The van der Waals surface area contributed by atoms with Gasteiger partial charge in [-0.3, -0.25) is 14.4 Å². The molecule has 7 nitrogen and oxygen atoms in total. The molecule has 1 aliphatic heterocycles. The maximum absolute atomic E-state index is 12.7. The van der Waals surface area contributed by atoms with Gasteiger partial charge in [0, 0.05) is 30.8 Å². The van der Waals surface area contributed by atoms with Gasteiger partial charge in [-0.15, -0.1) is 0 Å². The summed E-state index contributed by atoms with van der Waals surface area (Å²) >= 11 is 0. The fourth-order valence-corrected chi connectivity index (χ4v) is 3.43. The summed E-state index contributed by atoms with van der Waals surface area (Å²) in [6.45, 7) is 4.27. The third-order valence-electron chi connectivity index (χ3n) is 4.90. The number of carbonyl (C=O) groups is 3. The Balaban J connectivity index is 1.60. The van der Waals surface area contributed by atoms with Gasteiger partial charge in [0.2, 0.25) is 17.7 Å². The fraction of sp³-hybridized carbons (Fsp3) is 0.348. The topological polar surface area (TPSA) is 87.7 Å². The minimum atomic E-state index is -0.451. The Morgan fingerprint density at radius 1 is 1.07 bits per heavy atom. The van der Waals surface area contributed by atoms with E-state index < -0.39 is 5.92 Å². The van der Waals surface area contributed by atoms with Crippen molar-refractivity contribution >= 4 is 34.8 Å². The first-order valence-corrected chi connectivity index (χ1v) is 10.0. The van der Waals surface area contributed by atoms with Crippen molar-refractivity contribution in [2.75, 3.05) is 29.2 Å². The first kappa shape index (κ1) is 21.4. The predicted octanol–water partition coefficient (Wildman–Crippen LogP) is 3.67. The van der Waals surface area contributed by atoms with Crippen LogP contribution in [0.25, 0.3) is 0 Å².